The highest BCUT2D eigenvalue weighted by molar-refractivity contribution is 9.10. The molecule has 94 valence electrons. The SMILES string of the molecule is COCc1c(Br)cccc1NC(=O)[C@H](C)SC. The van der Waals surface area contributed by atoms with Crippen LogP contribution < -0.4 is 5.32 Å². The first-order valence-electron chi connectivity index (χ1n) is 5.20. The van der Waals surface area contributed by atoms with Crippen molar-refractivity contribution in [3.8, 4) is 0 Å². The lowest BCUT2D eigenvalue weighted by Crippen LogP contribution is -2.22. The van der Waals surface area contributed by atoms with Crippen molar-refractivity contribution in [2.45, 2.75) is 18.8 Å². The van der Waals surface area contributed by atoms with E-state index < -0.39 is 0 Å². The third kappa shape index (κ3) is 4.01. The molecule has 0 spiro atoms. The number of methoxy groups -OCH3 is 1. The van der Waals surface area contributed by atoms with E-state index >= 15 is 0 Å². The fourth-order valence-electron chi connectivity index (χ4n) is 1.31. The zero-order valence-corrected chi connectivity index (χ0v) is 12.5. The number of hydrogen-bond donors (Lipinski definition) is 1. The van der Waals surface area contributed by atoms with Crippen LogP contribution in [-0.2, 0) is 16.1 Å². The molecule has 1 N–H and O–H groups in total. The Labute approximate surface area is 114 Å². The van der Waals surface area contributed by atoms with Crippen LogP contribution >= 0.6 is 27.7 Å². The van der Waals surface area contributed by atoms with E-state index in [2.05, 4.69) is 21.2 Å². The van der Waals surface area contributed by atoms with Crippen LogP contribution in [0.2, 0.25) is 0 Å². The Hall–Kier alpha value is -0.520. The number of anilines is 1. The lowest BCUT2D eigenvalue weighted by Gasteiger charge is -2.14. The molecule has 17 heavy (non-hydrogen) atoms. The van der Waals surface area contributed by atoms with Gasteiger partial charge in [0.1, 0.15) is 0 Å². The predicted molar refractivity (Wildman–Crippen MR) is 76.5 cm³/mol. The average molecular weight is 318 g/mol. The summed E-state index contributed by atoms with van der Waals surface area (Å²) in [5, 5.41) is 2.85. The summed E-state index contributed by atoms with van der Waals surface area (Å²) in [7, 11) is 1.63. The van der Waals surface area contributed by atoms with Crippen LogP contribution in [0.1, 0.15) is 12.5 Å². The summed E-state index contributed by atoms with van der Waals surface area (Å²) >= 11 is 4.98. The second kappa shape index (κ2) is 7.03. The van der Waals surface area contributed by atoms with Crippen molar-refractivity contribution in [3.63, 3.8) is 0 Å². The molecule has 3 nitrogen and oxygen atoms in total. The van der Waals surface area contributed by atoms with E-state index in [1.807, 2.05) is 31.4 Å². The maximum absolute atomic E-state index is 11.8. The van der Waals surface area contributed by atoms with Gasteiger partial charge in [0.25, 0.3) is 0 Å². The lowest BCUT2D eigenvalue weighted by atomic mass is 10.2. The van der Waals surface area contributed by atoms with Gasteiger partial charge in [-0.3, -0.25) is 4.79 Å². The zero-order chi connectivity index (χ0) is 12.8. The summed E-state index contributed by atoms with van der Waals surface area (Å²) in [6.07, 6.45) is 1.92. The first-order chi connectivity index (χ1) is 8.10. The van der Waals surface area contributed by atoms with E-state index in [0.29, 0.717) is 6.61 Å². The van der Waals surface area contributed by atoms with E-state index in [1.165, 1.54) is 11.8 Å². The van der Waals surface area contributed by atoms with Crippen LogP contribution in [0.25, 0.3) is 0 Å². The van der Waals surface area contributed by atoms with Crippen molar-refractivity contribution in [1.82, 2.24) is 0 Å². The topological polar surface area (TPSA) is 38.3 Å². The highest BCUT2D eigenvalue weighted by Gasteiger charge is 2.14. The second-order valence-corrected chi connectivity index (χ2v) is 5.60. The molecule has 0 saturated carbocycles. The smallest absolute Gasteiger partial charge is 0.237 e. The Morgan fingerprint density at radius 3 is 2.88 bits per heavy atom. The second-order valence-electron chi connectivity index (χ2n) is 3.57. The predicted octanol–water partition coefficient (Wildman–Crippen LogP) is 3.29. The van der Waals surface area contributed by atoms with Gasteiger partial charge in [0.05, 0.1) is 11.9 Å². The summed E-state index contributed by atoms with van der Waals surface area (Å²) in [4.78, 5) is 11.8. The molecule has 0 fully saturated rings. The van der Waals surface area contributed by atoms with Gasteiger partial charge in [0.15, 0.2) is 0 Å². The van der Waals surface area contributed by atoms with Crippen LogP contribution in [0.15, 0.2) is 22.7 Å². The number of benzene rings is 1. The van der Waals surface area contributed by atoms with Gasteiger partial charge in [0.2, 0.25) is 5.91 Å². The highest BCUT2D eigenvalue weighted by atomic mass is 79.9. The van der Waals surface area contributed by atoms with E-state index in [0.717, 1.165) is 15.7 Å². The number of halogens is 1. The van der Waals surface area contributed by atoms with Gasteiger partial charge in [-0.1, -0.05) is 22.0 Å². The molecule has 5 heteroatoms. The standard InChI is InChI=1S/C12H16BrNO2S/c1-8(17-3)12(15)14-11-6-4-5-10(13)9(11)7-16-2/h4-6,8H,7H2,1-3H3,(H,14,15)/t8-/m0/s1. The zero-order valence-electron chi connectivity index (χ0n) is 10.1. The average Bonchev–Trinajstić information content (AvgIpc) is 2.32. The maximum Gasteiger partial charge on any atom is 0.237 e. The van der Waals surface area contributed by atoms with Gasteiger partial charge >= 0.3 is 0 Å². The first kappa shape index (κ1) is 14.5. The monoisotopic (exact) mass is 317 g/mol. The van der Waals surface area contributed by atoms with E-state index in [4.69, 9.17) is 4.74 Å². The maximum atomic E-state index is 11.8. The minimum atomic E-state index is -0.0654. The van der Waals surface area contributed by atoms with E-state index in [9.17, 15) is 4.79 Å². The largest absolute Gasteiger partial charge is 0.380 e. The summed E-state index contributed by atoms with van der Waals surface area (Å²) in [6.45, 7) is 2.35. The Morgan fingerprint density at radius 1 is 1.59 bits per heavy atom. The normalized spacial score (nSPS) is 12.2. The van der Waals surface area contributed by atoms with Crippen molar-refractivity contribution < 1.29 is 9.53 Å². The third-order valence-corrected chi connectivity index (χ3v) is 4.05. The molecule has 1 amide bonds. The minimum absolute atomic E-state index is 0.00736. The molecule has 0 aliphatic rings. The number of nitrogens with one attached hydrogen (secondary N) is 1. The van der Waals surface area contributed by atoms with Gasteiger partial charge in [-0.15, -0.1) is 0 Å². The van der Waals surface area contributed by atoms with Crippen LogP contribution in [0.5, 0.6) is 0 Å². The molecule has 0 saturated heterocycles. The Balaban J connectivity index is 2.90. The number of thioether (sulfide) groups is 1. The lowest BCUT2D eigenvalue weighted by molar-refractivity contribution is -0.115. The molecule has 0 radical (unpaired) electrons. The quantitative estimate of drug-likeness (QED) is 0.905. The highest BCUT2D eigenvalue weighted by Crippen LogP contribution is 2.26. The van der Waals surface area contributed by atoms with Crippen LogP contribution in [0.3, 0.4) is 0 Å². The summed E-state index contributed by atoms with van der Waals surface area (Å²) < 4.78 is 6.07. The minimum Gasteiger partial charge on any atom is -0.380 e. The number of carbonyl (C=O) groups excluding carboxylic acids is 1. The van der Waals surface area contributed by atoms with Gasteiger partial charge in [-0.2, -0.15) is 11.8 Å². The number of amides is 1. The molecular formula is C12H16BrNO2S. The number of ether oxygens (including phenoxy) is 1. The molecule has 0 aromatic heterocycles. The van der Waals surface area contributed by atoms with Gasteiger partial charge in [-0.05, 0) is 25.3 Å². The van der Waals surface area contributed by atoms with E-state index in [-0.39, 0.29) is 11.2 Å². The Morgan fingerprint density at radius 2 is 2.29 bits per heavy atom. The van der Waals surface area contributed by atoms with Crippen molar-refractivity contribution >= 4 is 39.3 Å². The van der Waals surface area contributed by atoms with Crippen molar-refractivity contribution in [2.75, 3.05) is 18.7 Å². The van der Waals surface area contributed by atoms with Gasteiger partial charge in [-0.25, -0.2) is 0 Å². The molecule has 0 unspecified atom stereocenters. The molecule has 0 aliphatic heterocycles. The summed E-state index contributed by atoms with van der Waals surface area (Å²) in [5.74, 6) is 0.00736. The van der Waals surface area contributed by atoms with E-state index in [1.54, 1.807) is 7.11 Å². The van der Waals surface area contributed by atoms with Crippen LogP contribution in [0, 0.1) is 0 Å². The molecule has 1 rings (SSSR count). The number of hydrogen-bond acceptors (Lipinski definition) is 3. The molecular weight excluding hydrogens is 302 g/mol. The fraction of sp³-hybridized carbons (Fsp3) is 0.417. The van der Waals surface area contributed by atoms with Crippen molar-refractivity contribution in [1.29, 1.82) is 0 Å². The van der Waals surface area contributed by atoms with Crippen LogP contribution in [0.4, 0.5) is 5.69 Å². The Kier molecular flexibility index (Phi) is 6.02. The molecule has 1 aromatic rings. The fourth-order valence-corrected chi connectivity index (χ4v) is 2.06. The first-order valence-corrected chi connectivity index (χ1v) is 7.28. The molecule has 1 aromatic carbocycles. The molecule has 0 heterocycles. The summed E-state index contributed by atoms with van der Waals surface area (Å²) in [5.41, 5.74) is 1.75. The molecule has 0 aliphatic carbocycles. The van der Waals surface area contributed by atoms with Crippen molar-refractivity contribution in [2.24, 2.45) is 0 Å². The van der Waals surface area contributed by atoms with Gasteiger partial charge in [0, 0.05) is 22.8 Å². The summed E-state index contributed by atoms with van der Waals surface area (Å²) in [6, 6.07) is 5.70. The number of carbonyl (C=O) groups is 1. The molecule has 1 atom stereocenters. The Bertz CT molecular complexity index is 398. The van der Waals surface area contributed by atoms with Crippen molar-refractivity contribution in [3.05, 3.63) is 28.2 Å². The van der Waals surface area contributed by atoms with Crippen LogP contribution in [-0.4, -0.2) is 24.5 Å². The molecule has 0 bridgehead atoms. The number of rotatable bonds is 5. The van der Waals surface area contributed by atoms with Gasteiger partial charge < -0.3 is 10.1 Å². The third-order valence-electron chi connectivity index (χ3n) is 2.39.